The van der Waals surface area contributed by atoms with Crippen LogP contribution in [0.1, 0.15) is 16.1 Å². The summed E-state index contributed by atoms with van der Waals surface area (Å²) >= 11 is 0. The van der Waals surface area contributed by atoms with Crippen molar-refractivity contribution in [2.75, 3.05) is 6.54 Å². The summed E-state index contributed by atoms with van der Waals surface area (Å²) in [6.07, 6.45) is -3.21. The number of halogens is 3. The van der Waals surface area contributed by atoms with Crippen molar-refractivity contribution in [2.24, 2.45) is 0 Å². The van der Waals surface area contributed by atoms with E-state index in [1.807, 2.05) is 0 Å². The number of rotatable bonds is 7. The first-order valence-corrected chi connectivity index (χ1v) is 6.98. The summed E-state index contributed by atoms with van der Waals surface area (Å²) in [6, 6.07) is 5.30. The standard InChI is InChI=1S/C14H13F3N4O4/c15-14(16,17)25-10-3-1-9(2-4-10)5-6-18-12(22)8-21-7-11(13(23)24)19-20-21/h1-4,7H,5-6,8H2,(H,18,22)(H,23,24). The molecule has 0 saturated heterocycles. The number of alkyl halides is 3. The lowest BCUT2D eigenvalue weighted by Crippen LogP contribution is -2.29. The van der Waals surface area contributed by atoms with Crippen LogP contribution in [0.15, 0.2) is 30.5 Å². The molecule has 11 heteroatoms. The van der Waals surface area contributed by atoms with Gasteiger partial charge in [0.1, 0.15) is 12.3 Å². The van der Waals surface area contributed by atoms with Crippen LogP contribution in [-0.2, 0) is 17.8 Å². The SMILES string of the molecule is O=C(Cn1cc(C(=O)O)nn1)NCCc1ccc(OC(F)(F)F)cc1. The smallest absolute Gasteiger partial charge is 0.476 e. The number of carboxylic acid groups (broad SMARTS) is 1. The molecule has 2 rings (SSSR count). The number of hydrogen-bond acceptors (Lipinski definition) is 5. The van der Waals surface area contributed by atoms with Crippen molar-refractivity contribution in [1.82, 2.24) is 20.3 Å². The second kappa shape index (κ2) is 7.64. The molecule has 8 nitrogen and oxygen atoms in total. The minimum Gasteiger partial charge on any atom is -0.476 e. The monoisotopic (exact) mass is 358 g/mol. The molecule has 0 radical (unpaired) electrons. The summed E-state index contributed by atoms with van der Waals surface area (Å²) in [7, 11) is 0. The Labute approximate surface area is 139 Å². The Kier molecular flexibility index (Phi) is 5.57. The lowest BCUT2D eigenvalue weighted by Gasteiger charge is -2.09. The number of amides is 1. The number of carbonyl (C=O) groups excluding carboxylic acids is 1. The summed E-state index contributed by atoms with van der Waals surface area (Å²) < 4.78 is 41.0. The van der Waals surface area contributed by atoms with E-state index >= 15 is 0 Å². The maximum atomic E-state index is 12.0. The fraction of sp³-hybridized carbons (Fsp3) is 0.286. The van der Waals surface area contributed by atoms with Crippen molar-refractivity contribution >= 4 is 11.9 Å². The van der Waals surface area contributed by atoms with Crippen molar-refractivity contribution in [3.05, 3.63) is 41.7 Å². The molecular formula is C14H13F3N4O4. The highest BCUT2D eigenvalue weighted by Gasteiger charge is 2.30. The van der Waals surface area contributed by atoms with Crippen molar-refractivity contribution in [3.8, 4) is 5.75 Å². The van der Waals surface area contributed by atoms with Gasteiger partial charge >= 0.3 is 12.3 Å². The third-order valence-electron chi connectivity index (χ3n) is 2.96. The molecule has 134 valence electrons. The molecule has 0 unspecified atom stereocenters. The first kappa shape index (κ1) is 18.2. The van der Waals surface area contributed by atoms with Gasteiger partial charge in [-0.25, -0.2) is 9.48 Å². The summed E-state index contributed by atoms with van der Waals surface area (Å²) in [6.45, 7) is 0.0530. The molecule has 0 spiro atoms. The maximum absolute atomic E-state index is 12.0. The lowest BCUT2D eigenvalue weighted by atomic mass is 10.1. The number of aromatic nitrogens is 3. The summed E-state index contributed by atoms with van der Waals surface area (Å²) in [5.74, 6) is -1.97. The second-order valence-electron chi connectivity index (χ2n) is 4.90. The Morgan fingerprint density at radius 2 is 1.92 bits per heavy atom. The summed E-state index contributed by atoms with van der Waals surface area (Å²) in [4.78, 5) is 22.3. The molecule has 2 N–H and O–H groups in total. The van der Waals surface area contributed by atoms with Crippen molar-refractivity contribution in [1.29, 1.82) is 0 Å². The number of carbonyl (C=O) groups is 2. The van der Waals surface area contributed by atoms with Gasteiger partial charge in [0.15, 0.2) is 5.69 Å². The lowest BCUT2D eigenvalue weighted by molar-refractivity contribution is -0.274. The van der Waals surface area contributed by atoms with Gasteiger partial charge in [0.2, 0.25) is 5.91 Å². The molecule has 0 saturated carbocycles. The third-order valence-corrected chi connectivity index (χ3v) is 2.96. The molecule has 0 aliphatic carbocycles. The summed E-state index contributed by atoms with van der Waals surface area (Å²) in [5.41, 5.74) is 0.442. The maximum Gasteiger partial charge on any atom is 0.573 e. The van der Waals surface area contributed by atoms with Crippen LogP contribution in [0.2, 0.25) is 0 Å². The minimum atomic E-state index is -4.74. The van der Waals surface area contributed by atoms with Gasteiger partial charge in [-0.1, -0.05) is 17.3 Å². The normalized spacial score (nSPS) is 11.2. The largest absolute Gasteiger partial charge is 0.573 e. The predicted molar refractivity (Wildman–Crippen MR) is 76.8 cm³/mol. The van der Waals surface area contributed by atoms with Gasteiger partial charge in [0.25, 0.3) is 0 Å². The quantitative estimate of drug-likeness (QED) is 0.771. The van der Waals surface area contributed by atoms with Gasteiger partial charge in [-0.2, -0.15) is 0 Å². The molecule has 1 heterocycles. The molecule has 0 atom stereocenters. The van der Waals surface area contributed by atoms with Crippen molar-refractivity contribution in [3.63, 3.8) is 0 Å². The van der Waals surface area contributed by atoms with Gasteiger partial charge in [-0.3, -0.25) is 4.79 Å². The number of ether oxygens (including phenoxy) is 1. The first-order chi connectivity index (χ1) is 11.7. The Morgan fingerprint density at radius 1 is 1.24 bits per heavy atom. The highest BCUT2D eigenvalue weighted by molar-refractivity contribution is 5.84. The zero-order chi connectivity index (χ0) is 18.4. The number of hydrogen-bond donors (Lipinski definition) is 2. The van der Waals surface area contributed by atoms with Crippen LogP contribution >= 0.6 is 0 Å². The van der Waals surface area contributed by atoms with Crippen molar-refractivity contribution in [2.45, 2.75) is 19.3 Å². The number of carboxylic acids is 1. The Morgan fingerprint density at radius 3 is 2.48 bits per heavy atom. The molecule has 0 fully saturated rings. The third kappa shape index (κ3) is 6.12. The molecule has 1 aromatic heterocycles. The predicted octanol–water partition coefficient (Wildman–Crippen LogP) is 1.23. The van der Waals surface area contributed by atoms with Crippen LogP contribution in [-0.4, -0.2) is 44.9 Å². The van der Waals surface area contributed by atoms with E-state index in [2.05, 4.69) is 20.4 Å². The van der Waals surface area contributed by atoms with E-state index in [0.29, 0.717) is 12.0 Å². The Hall–Kier alpha value is -3.11. The van der Waals surface area contributed by atoms with Gasteiger partial charge < -0.3 is 15.2 Å². The number of aromatic carboxylic acids is 1. The Bertz CT molecular complexity index is 743. The van der Waals surface area contributed by atoms with E-state index < -0.39 is 18.2 Å². The molecule has 0 aliphatic rings. The van der Waals surface area contributed by atoms with Crippen LogP contribution in [0.5, 0.6) is 5.75 Å². The number of nitrogens with zero attached hydrogens (tertiary/aromatic N) is 3. The molecular weight excluding hydrogens is 345 g/mol. The van der Waals surface area contributed by atoms with Gasteiger partial charge in [-0.05, 0) is 24.1 Å². The van der Waals surface area contributed by atoms with Crippen LogP contribution in [0, 0.1) is 0 Å². The van der Waals surface area contributed by atoms with Crippen LogP contribution < -0.4 is 10.1 Å². The average Bonchev–Trinajstić information content (AvgIpc) is 2.96. The topological polar surface area (TPSA) is 106 Å². The molecule has 0 aliphatic heterocycles. The van der Waals surface area contributed by atoms with E-state index in [9.17, 15) is 22.8 Å². The van der Waals surface area contributed by atoms with Crippen molar-refractivity contribution < 1.29 is 32.6 Å². The molecule has 0 bridgehead atoms. The van der Waals surface area contributed by atoms with E-state index in [1.54, 1.807) is 0 Å². The minimum absolute atomic E-state index is 0.196. The Balaban J connectivity index is 1.76. The van der Waals surface area contributed by atoms with Crippen LogP contribution in [0.25, 0.3) is 0 Å². The average molecular weight is 358 g/mol. The highest BCUT2D eigenvalue weighted by atomic mass is 19.4. The molecule has 25 heavy (non-hydrogen) atoms. The van der Waals surface area contributed by atoms with E-state index in [-0.39, 0.29) is 24.5 Å². The van der Waals surface area contributed by atoms with E-state index in [0.717, 1.165) is 10.9 Å². The van der Waals surface area contributed by atoms with Gasteiger partial charge in [0, 0.05) is 6.54 Å². The van der Waals surface area contributed by atoms with Crippen LogP contribution in [0.4, 0.5) is 13.2 Å². The van der Waals surface area contributed by atoms with Gasteiger partial charge in [0.05, 0.1) is 6.20 Å². The first-order valence-electron chi connectivity index (χ1n) is 6.98. The number of benzene rings is 1. The van der Waals surface area contributed by atoms with Crippen LogP contribution in [0.3, 0.4) is 0 Å². The summed E-state index contributed by atoms with van der Waals surface area (Å²) in [5, 5.41) is 18.2. The fourth-order valence-corrected chi connectivity index (χ4v) is 1.88. The van der Waals surface area contributed by atoms with Gasteiger partial charge in [-0.15, -0.1) is 18.3 Å². The van der Waals surface area contributed by atoms with E-state index in [1.165, 1.54) is 24.3 Å². The molecule has 1 amide bonds. The second-order valence-corrected chi connectivity index (χ2v) is 4.90. The highest BCUT2D eigenvalue weighted by Crippen LogP contribution is 2.22. The van der Waals surface area contributed by atoms with E-state index in [4.69, 9.17) is 5.11 Å². The number of nitrogens with one attached hydrogen (secondary N) is 1. The molecule has 1 aromatic carbocycles. The zero-order valence-electron chi connectivity index (χ0n) is 12.7. The fourth-order valence-electron chi connectivity index (χ4n) is 1.88. The molecule has 2 aromatic rings. The zero-order valence-corrected chi connectivity index (χ0v) is 12.7.